The number of sulfone groups is 1. The Labute approximate surface area is 145 Å². The fourth-order valence-corrected chi connectivity index (χ4v) is 5.50. The fraction of sp³-hybridized carbons (Fsp3) is 0.375. The summed E-state index contributed by atoms with van der Waals surface area (Å²) in [5.74, 6) is 1.36. The van der Waals surface area contributed by atoms with Gasteiger partial charge in [-0.05, 0) is 24.5 Å². The van der Waals surface area contributed by atoms with Crippen molar-refractivity contribution < 1.29 is 8.42 Å². The predicted octanol–water partition coefficient (Wildman–Crippen LogP) is 2.52. The Balaban J connectivity index is 1.76. The molecule has 0 amide bonds. The van der Waals surface area contributed by atoms with E-state index < -0.39 is 9.84 Å². The molecule has 4 rings (SSSR count). The zero-order chi connectivity index (χ0) is 16.9. The van der Waals surface area contributed by atoms with Crippen LogP contribution in [0.15, 0.2) is 30.6 Å². The van der Waals surface area contributed by atoms with Gasteiger partial charge in [-0.2, -0.15) is 5.10 Å². The minimum Gasteiger partial charge on any atom is -0.329 e. The molecule has 6 nitrogen and oxygen atoms in total. The van der Waals surface area contributed by atoms with E-state index in [2.05, 4.69) is 10.1 Å². The van der Waals surface area contributed by atoms with Crippen LogP contribution in [0.2, 0.25) is 5.02 Å². The van der Waals surface area contributed by atoms with Crippen LogP contribution in [0.3, 0.4) is 0 Å². The van der Waals surface area contributed by atoms with Crippen molar-refractivity contribution in [2.75, 3.05) is 11.5 Å². The summed E-state index contributed by atoms with van der Waals surface area (Å²) in [7, 11) is -1.01. The summed E-state index contributed by atoms with van der Waals surface area (Å²) in [6.07, 6.45) is 4.29. The number of halogens is 1. The van der Waals surface area contributed by atoms with Crippen molar-refractivity contribution in [3.63, 3.8) is 0 Å². The fourth-order valence-electron chi connectivity index (χ4n) is 3.40. The van der Waals surface area contributed by atoms with Crippen molar-refractivity contribution in [3.8, 4) is 11.5 Å². The van der Waals surface area contributed by atoms with Crippen LogP contribution in [-0.4, -0.2) is 39.3 Å². The molecule has 0 aliphatic carbocycles. The monoisotopic (exact) mass is 364 g/mol. The summed E-state index contributed by atoms with van der Waals surface area (Å²) in [6, 6.07) is 5.70. The summed E-state index contributed by atoms with van der Waals surface area (Å²) >= 11 is 6.38. The van der Waals surface area contributed by atoms with E-state index in [4.69, 9.17) is 11.6 Å². The highest BCUT2D eigenvalue weighted by Crippen LogP contribution is 2.33. The summed E-state index contributed by atoms with van der Waals surface area (Å²) in [5.41, 5.74) is 1.67. The Kier molecular flexibility index (Phi) is 3.65. The van der Waals surface area contributed by atoms with Crippen molar-refractivity contribution in [3.05, 3.63) is 35.6 Å². The maximum Gasteiger partial charge on any atom is 0.161 e. The van der Waals surface area contributed by atoms with Gasteiger partial charge in [0.2, 0.25) is 0 Å². The van der Waals surface area contributed by atoms with Gasteiger partial charge in [-0.3, -0.25) is 4.68 Å². The number of fused-ring (bicyclic) bond motifs is 1. The van der Waals surface area contributed by atoms with Crippen LogP contribution in [0.5, 0.6) is 0 Å². The number of nitrogens with zero attached hydrogens (tertiary/aromatic N) is 4. The highest BCUT2D eigenvalue weighted by molar-refractivity contribution is 7.91. The third kappa shape index (κ3) is 2.61. The smallest absolute Gasteiger partial charge is 0.161 e. The average molecular weight is 365 g/mol. The van der Waals surface area contributed by atoms with Gasteiger partial charge >= 0.3 is 0 Å². The molecule has 24 heavy (non-hydrogen) atoms. The minimum absolute atomic E-state index is 0.119. The van der Waals surface area contributed by atoms with Crippen LogP contribution in [0.25, 0.3) is 22.4 Å². The van der Waals surface area contributed by atoms with E-state index in [9.17, 15) is 8.42 Å². The Hall–Kier alpha value is -1.86. The topological polar surface area (TPSA) is 69.8 Å². The quantitative estimate of drug-likeness (QED) is 0.716. The third-order valence-electron chi connectivity index (χ3n) is 4.54. The SMILES string of the molecule is Cn1nc(-c2nccn2CC2CCS(=O)(=O)C2)c2c(Cl)cccc21. The third-order valence-corrected chi connectivity index (χ3v) is 6.69. The maximum absolute atomic E-state index is 11.7. The Bertz CT molecular complexity index is 1020. The number of aromatic nitrogens is 4. The average Bonchev–Trinajstić information content (AvgIpc) is 3.19. The van der Waals surface area contributed by atoms with Gasteiger partial charge in [0.25, 0.3) is 0 Å². The molecule has 0 spiro atoms. The van der Waals surface area contributed by atoms with Gasteiger partial charge in [0.15, 0.2) is 15.7 Å². The van der Waals surface area contributed by atoms with Crippen LogP contribution in [0, 0.1) is 5.92 Å². The van der Waals surface area contributed by atoms with Gasteiger partial charge in [0, 0.05) is 31.4 Å². The molecule has 3 heterocycles. The molecule has 0 saturated carbocycles. The zero-order valence-electron chi connectivity index (χ0n) is 13.2. The molecule has 1 aliphatic heterocycles. The molecule has 1 saturated heterocycles. The molecule has 8 heteroatoms. The van der Waals surface area contributed by atoms with E-state index in [1.165, 1.54) is 0 Å². The summed E-state index contributed by atoms with van der Waals surface area (Å²) in [5, 5.41) is 6.09. The molecule has 126 valence electrons. The number of aryl methyl sites for hydroxylation is 1. The zero-order valence-corrected chi connectivity index (χ0v) is 14.8. The highest BCUT2D eigenvalue weighted by atomic mass is 35.5. The van der Waals surface area contributed by atoms with Crippen molar-refractivity contribution >= 4 is 32.3 Å². The second-order valence-electron chi connectivity index (χ2n) is 6.28. The molecular formula is C16H17ClN4O2S. The minimum atomic E-state index is -2.89. The molecule has 0 bridgehead atoms. The summed E-state index contributed by atoms with van der Waals surface area (Å²) in [4.78, 5) is 4.45. The molecule has 3 aromatic rings. The first-order valence-electron chi connectivity index (χ1n) is 7.78. The van der Waals surface area contributed by atoms with Crippen LogP contribution in [0.1, 0.15) is 6.42 Å². The molecule has 2 aromatic heterocycles. The molecular weight excluding hydrogens is 348 g/mol. The standard InChI is InChI=1S/C16H17ClN4O2S/c1-20-13-4-2-3-12(17)14(13)15(19-20)16-18-6-7-21(16)9-11-5-8-24(22,23)10-11/h2-4,6-7,11H,5,8-10H2,1H3. The summed E-state index contributed by atoms with van der Waals surface area (Å²) < 4.78 is 27.1. The lowest BCUT2D eigenvalue weighted by Gasteiger charge is -2.11. The number of rotatable bonds is 3. The largest absolute Gasteiger partial charge is 0.329 e. The van der Waals surface area contributed by atoms with E-state index in [1.54, 1.807) is 10.9 Å². The lowest BCUT2D eigenvalue weighted by molar-refractivity contribution is 0.493. The number of hydrogen-bond donors (Lipinski definition) is 0. The molecule has 1 fully saturated rings. The lowest BCUT2D eigenvalue weighted by atomic mass is 10.1. The van der Waals surface area contributed by atoms with Crippen LogP contribution in [0.4, 0.5) is 0 Å². The highest BCUT2D eigenvalue weighted by Gasteiger charge is 2.29. The van der Waals surface area contributed by atoms with Crippen molar-refractivity contribution in [2.45, 2.75) is 13.0 Å². The van der Waals surface area contributed by atoms with E-state index in [1.807, 2.05) is 36.0 Å². The molecule has 1 aliphatic rings. The lowest BCUT2D eigenvalue weighted by Crippen LogP contribution is -2.13. The van der Waals surface area contributed by atoms with Crippen LogP contribution in [-0.2, 0) is 23.4 Å². The maximum atomic E-state index is 11.7. The Morgan fingerprint density at radius 2 is 2.21 bits per heavy atom. The number of benzene rings is 1. The van der Waals surface area contributed by atoms with Gasteiger partial charge < -0.3 is 4.57 Å². The van der Waals surface area contributed by atoms with E-state index >= 15 is 0 Å². The molecule has 1 unspecified atom stereocenters. The molecule has 0 radical (unpaired) electrons. The first kappa shape index (κ1) is 15.7. The number of imidazole rings is 1. The van der Waals surface area contributed by atoms with Crippen molar-refractivity contribution in [2.24, 2.45) is 13.0 Å². The van der Waals surface area contributed by atoms with Crippen molar-refractivity contribution in [1.82, 2.24) is 19.3 Å². The van der Waals surface area contributed by atoms with Gasteiger partial charge in [0.05, 0.1) is 22.0 Å². The van der Waals surface area contributed by atoms with E-state index in [0.717, 1.165) is 22.4 Å². The molecule has 1 aromatic carbocycles. The second kappa shape index (κ2) is 5.60. The van der Waals surface area contributed by atoms with Gasteiger partial charge in [-0.1, -0.05) is 17.7 Å². The van der Waals surface area contributed by atoms with E-state index in [0.29, 0.717) is 18.0 Å². The molecule has 0 N–H and O–H groups in total. The van der Waals surface area contributed by atoms with Gasteiger partial charge in [-0.25, -0.2) is 13.4 Å². The molecule has 1 atom stereocenters. The number of hydrogen-bond acceptors (Lipinski definition) is 4. The summed E-state index contributed by atoms with van der Waals surface area (Å²) in [6.45, 7) is 0.622. The predicted molar refractivity (Wildman–Crippen MR) is 93.7 cm³/mol. The Morgan fingerprint density at radius 1 is 1.38 bits per heavy atom. The Morgan fingerprint density at radius 3 is 2.96 bits per heavy atom. The first-order chi connectivity index (χ1) is 11.4. The van der Waals surface area contributed by atoms with Gasteiger partial charge in [-0.15, -0.1) is 0 Å². The first-order valence-corrected chi connectivity index (χ1v) is 9.98. The van der Waals surface area contributed by atoms with Crippen molar-refractivity contribution in [1.29, 1.82) is 0 Å². The normalized spacial score (nSPS) is 20.0. The van der Waals surface area contributed by atoms with E-state index in [-0.39, 0.29) is 17.4 Å². The van der Waals surface area contributed by atoms with Crippen LogP contribution < -0.4 is 0 Å². The second-order valence-corrected chi connectivity index (χ2v) is 8.91. The van der Waals surface area contributed by atoms with Gasteiger partial charge in [0.1, 0.15) is 5.69 Å². The van der Waals surface area contributed by atoms with Crippen LogP contribution >= 0.6 is 11.6 Å².